The average molecular weight is 444 g/mol. The van der Waals surface area contributed by atoms with Crippen molar-refractivity contribution >= 4 is 23.4 Å². The van der Waals surface area contributed by atoms with Gasteiger partial charge >= 0.3 is 0 Å². The summed E-state index contributed by atoms with van der Waals surface area (Å²) in [6.07, 6.45) is 2.77. The van der Waals surface area contributed by atoms with E-state index in [9.17, 15) is 9.59 Å². The third-order valence-corrected chi connectivity index (χ3v) is 5.37. The number of carbonyl (C=O) groups is 2. The van der Waals surface area contributed by atoms with Gasteiger partial charge in [0.2, 0.25) is 17.6 Å². The van der Waals surface area contributed by atoms with Gasteiger partial charge in [-0.2, -0.15) is 4.98 Å². The highest BCUT2D eigenvalue weighted by molar-refractivity contribution is 6.30. The molecule has 2 amide bonds. The largest absolute Gasteiger partial charge is 0.472 e. The maximum Gasteiger partial charge on any atom is 0.255 e. The third-order valence-electron chi connectivity index (χ3n) is 5.11. The van der Waals surface area contributed by atoms with E-state index in [1.54, 1.807) is 30.0 Å². The molecule has 31 heavy (non-hydrogen) atoms. The topological polar surface area (TPSA) is 105 Å². The molecule has 4 rings (SSSR count). The molecule has 1 aliphatic heterocycles. The Bertz CT molecular complexity index is 1030. The van der Waals surface area contributed by atoms with Crippen LogP contribution in [0.1, 0.15) is 23.2 Å². The Balaban J connectivity index is 1.26. The van der Waals surface area contributed by atoms with Gasteiger partial charge in [0.25, 0.3) is 5.91 Å². The predicted octanol–water partition coefficient (Wildman–Crippen LogP) is 2.45. The lowest BCUT2D eigenvalue weighted by molar-refractivity contribution is -0.134. The van der Waals surface area contributed by atoms with Crippen molar-refractivity contribution in [1.29, 1.82) is 0 Å². The lowest BCUT2D eigenvalue weighted by Crippen LogP contribution is -2.53. The van der Waals surface area contributed by atoms with Crippen LogP contribution < -0.4 is 5.32 Å². The summed E-state index contributed by atoms with van der Waals surface area (Å²) in [5.74, 6) is 0.591. The Kier molecular flexibility index (Phi) is 6.34. The van der Waals surface area contributed by atoms with Gasteiger partial charge in [-0.1, -0.05) is 16.8 Å². The second-order valence-corrected chi connectivity index (χ2v) is 7.76. The minimum Gasteiger partial charge on any atom is -0.472 e. The number of aromatic nitrogens is 2. The Morgan fingerprint density at radius 2 is 1.90 bits per heavy atom. The fraction of sp³-hybridized carbons (Fsp3) is 0.333. The minimum absolute atomic E-state index is 0.112. The first-order chi connectivity index (χ1) is 15.0. The molecule has 0 bridgehead atoms. The number of carbonyl (C=O) groups excluding carboxylic acids is 2. The molecule has 10 heteroatoms. The van der Waals surface area contributed by atoms with E-state index in [1.165, 1.54) is 12.5 Å². The molecule has 1 aliphatic rings. The molecule has 162 valence electrons. The number of furan rings is 1. The van der Waals surface area contributed by atoms with E-state index in [0.717, 1.165) is 5.56 Å². The van der Waals surface area contributed by atoms with Gasteiger partial charge in [-0.15, -0.1) is 0 Å². The van der Waals surface area contributed by atoms with Crippen LogP contribution in [0.15, 0.2) is 51.8 Å². The van der Waals surface area contributed by atoms with Gasteiger partial charge in [0.15, 0.2) is 0 Å². The van der Waals surface area contributed by atoms with Gasteiger partial charge in [0.05, 0.1) is 18.4 Å². The molecule has 1 unspecified atom stereocenters. The summed E-state index contributed by atoms with van der Waals surface area (Å²) >= 11 is 5.91. The van der Waals surface area contributed by atoms with E-state index in [1.807, 2.05) is 12.1 Å². The zero-order valence-electron chi connectivity index (χ0n) is 17.0. The summed E-state index contributed by atoms with van der Waals surface area (Å²) < 4.78 is 10.3. The summed E-state index contributed by atoms with van der Waals surface area (Å²) in [6, 6.07) is 8.18. The van der Waals surface area contributed by atoms with Gasteiger partial charge in [-0.3, -0.25) is 14.5 Å². The van der Waals surface area contributed by atoms with Crippen LogP contribution in [0.3, 0.4) is 0 Å². The zero-order chi connectivity index (χ0) is 21.8. The van der Waals surface area contributed by atoms with Crippen molar-refractivity contribution in [3.63, 3.8) is 0 Å². The zero-order valence-corrected chi connectivity index (χ0v) is 17.7. The highest BCUT2D eigenvalue weighted by Crippen LogP contribution is 2.19. The molecule has 3 heterocycles. The van der Waals surface area contributed by atoms with Crippen LogP contribution in [0.25, 0.3) is 11.4 Å². The molecule has 0 aliphatic carbocycles. The molecule has 0 radical (unpaired) electrons. The molecular formula is C21H22ClN5O4. The number of hydrogen-bond acceptors (Lipinski definition) is 7. The number of amides is 2. The van der Waals surface area contributed by atoms with E-state index in [4.69, 9.17) is 20.5 Å². The van der Waals surface area contributed by atoms with Crippen LogP contribution in [0.2, 0.25) is 5.02 Å². The lowest BCUT2D eigenvalue weighted by Gasteiger charge is -2.35. The molecule has 1 aromatic carbocycles. The van der Waals surface area contributed by atoms with Crippen LogP contribution in [0.5, 0.6) is 0 Å². The summed E-state index contributed by atoms with van der Waals surface area (Å²) in [6.45, 7) is 4.66. The van der Waals surface area contributed by atoms with Crippen LogP contribution in [-0.2, 0) is 11.3 Å². The Morgan fingerprint density at radius 1 is 1.16 bits per heavy atom. The average Bonchev–Trinajstić information content (AvgIpc) is 3.47. The minimum atomic E-state index is -0.619. The predicted molar refractivity (Wildman–Crippen MR) is 112 cm³/mol. The van der Waals surface area contributed by atoms with Crippen molar-refractivity contribution in [2.24, 2.45) is 0 Å². The number of benzene rings is 1. The van der Waals surface area contributed by atoms with Gasteiger partial charge in [0, 0.05) is 36.8 Å². The molecule has 0 saturated carbocycles. The monoisotopic (exact) mass is 443 g/mol. The van der Waals surface area contributed by atoms with Gasteiger partial charge in [-0.05, 0) is 37.3 Å². The fourth-order valence-corrected chi connectivity index (χ4v) is 3.49. The van der Waals surface area contributed by atoms with Crippen molar-refractivity contribution < 1.29 is 18.5 Å². The number of piperazine rings is 1. The fourth-order valence-electron chi connectivity index (χ4n) is 3.36. The SMILES string of the molecule is CC(NC(=O)c1ccoc1)C(=O)N1CCN(Cc2nc(-c3ccc(Cl)cc3)no2)CC1. The summed E-state index contributed by atoms with van der Waals surface area (Å²) in [4.78, 5) is 33.1. The Hall–Kier alpha value is -3.17. The molecule has 1 saturated heterocycles. The van der Waals surface area contributed by atoms with Crippen LogP contribution in [0, 0.1) is 0 Å². The van der Waals surface area contributed by atoms with Crippen molar-refractivity contribution in [3.05, 3.63) is 59.3 Å². The first-order valence-corrected chi connectivity index (χ1v) is 10.3. The van der Waals surface area contributed by atoms with E-state index in [-0.39, 0.29) is 11.8 Å². The van der Waals surface area contributed by atoms with Gasteiger partial charge in [0.1, 0.15) is 12.3 Å². The summed E-state index contributed by atoms with van der Waals surface area (Å²) in [5.41, 5.74) is 1.23. The van der Waals surface area contributed by atoms with E-state index in [0.29, 0.717) is 55.0 Å². The number of rotatable bonds is 6. The normalized spacial score (nSPS) is 15.6. The molecule has 1 fully saturated rings. The molecule has 1 atom stereocenters. The van der Waals surface area contributed by atoms with Crippen molar-refractivity contribution in [2.75, 3.05) is 26.2 Å². The summed E-state index contributed by atoms with van der Waals surface area (Å²) in [7, 11) is 0. The number of halogens is 1. The highest BCUT2D eigenvalue weighted by Gasteiger charge is 2.27. The van der Waals surface area contributed by atoms with Crippen LogP contribution in [0.4, 0.5) is 0 Å². The van der Waals surface area contributed by atoms with E-state index >= 15 is 0 Å². The molecular weight excluding hydrogens is 422 g/mol. The first-order valence-electron chi connectivity index (χ1n) is 9.92. The maximum absolute atomic E-state index is 12.7. The highest BCUT2D eigenvalue weighted by atomic mass is 35.5. The number of nitrogens with zero attached hydrogens (tertiary/aromatic N) is 4. The molecule has 0 spiro atoms. The third kappa shape index (κ3) is 5.12. The Labute approximate surface area is 183 Å². The number of nitrogens with one attached hydrogen (secondary N) is 1. The second kappa shape index (κ2) is 9.32. The molecule has 3 aromatic rings. The smallest absolute Gasteiger partial charge is 0.255 e. The lowest BCUT2D eigenvalue weighted by atomic mass is 10.2. The van der Waals surface area contributed by atoms with Gasteiger partial charge < -0.3 is 19.2 Å². The van der Waals surface area contributed by atoms with E-state index < -0.39 is 6.04 Å². The summed E-state index contributed by atoms with van der Waals surface area (Å²) in [5, 5.41) is 7.38. The molecule has 9 nitrogen and oxygen atoms in total. The van der Waals surface area contributed by atoms with Gasteiger partial charge in [-0.25, -0.2) is 0 Å². The first kappa shape index (κ1) is 21.1. The second-order valence-electron chi connectivity index (χ2n) is 7.33. The van der Waals surface area contributed by atoms with Crippen molar-refractivity contribution in [3.8, 4) is 11.4 Å². The standard InChI is InChI=1S/C21H22ClN5O4/c1-14(23-20(28)16-6-11-30-13-16)21(29)27-9-7-26(8-10-27)12-18-24-19(25-31-18)15-2-4-17(22)5-3-15/h2-6,11,13-14H,7-10,12H2,1H3,(H,23,28). The quantitative estimate of drug-likeness (QED) is 0.623. The van der Waals surface area contributed by atoms with Crippen molar-refractivity contribution in [1.82, 2.24) is 25.3 Å². The number of hydrogen-bond donors (Lipinski definition) is 1. The van der Waals surface area contributed by atoms with E-state index in [2.05, 4.69) is 20.4 Å². The van der Waals surface area contributed by atoms with Crippen LogP contribution in [-0.4, -0.2) is 64.0 Å². The molecule has 2 aromatic heterocycles. The Morgan fingerprint density at radius 3 is 2.58 bits per heavy atom. The molecule has 1 N–H and O–H groups in total. The van der Waals surface area contributed by atoms with Crippen molar-refractivity contribution in [2.45, 2.75) is 19.5 Å². The van der Waals surface area contributed by atoms with Crippen LogP contribution >= 0.6 is 11.6 Å². The maximum atomic E-state index is 12.7.